The third-order valence-electron chi connectivity index (χ3n) is 6.72. The van der Waals surface area contributed by atoms with E-state index in [1.807, 2.05) is 48.5 Å². The van der Waals surface area contributed by atoms with Crippen LogP contribution in [-0.4, -0.2) is 9.52 Å². The fraction of sp³-hybridized carbons (Fsp3) is 0.143. The topological polar surface area (TPSA) is 26.3 Å². The quantitative estimate of drug-likeness (QED) is 0.182. The minimum Gasteiger partial charge on any atom is -0.465 e. The van der Waals surface area contributed by atoms with Crippen LogP contribution in [0.5, 0.6) is 0 Å². The van der Waals surface area contributed by atoms with Crippen LogP contribution in [0.3, 0.4) is 0 Å². The van der Waals surface area contributed by atoms with Crippen LogP contribution in [0.2, 0.25) is 0 Å². The number of benzene rings is 2. The molecule has 2 atom stereocenters. The molecule has 0 saturated carbocycles. The Hall–Kier alpha value is -1.84. The third-order valence-corrected chi connectivity index (χ3v) is 9.80. The first-order valence-electron chi connectivity index (χ1n) is 10.8. The molecule has 2 aromatic carbocycles. The van der Waals surface area contributed by atoms with Gasteiger partial charge in [0.15, 0.2) is 0 Å². The van der Waals surface area contributed by atoms with Crippen LogP contribution in [0.15, 0.2) is 94.2 Å². The van der Waals surface area contributed by atoms with Crippen LogP contribution in [0.1, 0.15) is 47.6 Å². The minimum absolute atomic E-state index is 0. The molecule has 2 nitrogen and oxygen atoms in total. The van der Waals surface area contributed by atoms with Crippen LogP contribution in [0, 0.1) is 0 Å². The van der Waals surface area contributed by atoms with Crippen molar-refractivity contribution in [3.05, 3.63) is 119 Å². The van der Waals surface area contributed by atoms with Crippen molar-refractivity contribution >= 4 is 55.0 Å². The van der Waals surface area contributed by atoms with Crippen molar-refractivity contribution in [2.45, 2.75) is 22.8 Å². The van der Waals surface area contributed by atoms with Gasteiger partial charge in [0.05, 0.1) is 21.5 Å². The monoisotopic (exact) mass is 576 g/mol. The van der Waals surface area contributed by atoms with Gasteiger partial charge in [0.2, 0.25) is 0 Å². The predicted molar refractivity (Wildman–Crippen MR) is 136 cm³/mol. The van der Waals surface area contributed by atoms with Gasteiger partial charge in [-0.2, -0.15) is 0 Å². The van der Waals surface area contributed by atoms with Gasteiger partial charge in [0.1, 0.15) is 21.0 Å². The molecule has 6 rings (SSSR count). The van der Waals surface area contributed by atoms with E-state index in [-0.39, 0.29) is 35.7 Å². The molecule has 0 spiro atoms. The Kier molecular flexibility index (Phi) is 6.09. The van der Waals surface area contributed by atoms with Crippen LogP contribution < -0.4 is 0 Å². The molecule has 2 heterocycles. The van der Waals surface area contributed by atoms with Crippen molar-refractivity contribution in [3.63, 3.8) is 0 Å². The molecule has 34 heavy (non-hydrogen) atoms. The van der Waals surface area contributed by atoms with E-state index in [0.29, 0.717) is 0 Å². The van der Waals surface area contributed by atoms with Gasteiger partial charge >= 0.3 is 0 Å². The summed E-state index contributed by atoms with van der Waals surface area (Å²) >= 11 is 15.4. The Balaban J connectivity index is 0.00000241. The predicted octanol–water partition coefficient (Wildman–Crippen LogP) is 7.95. The number of allylic oxidation sites excluding steroid dienone is 4. The fourth-order valence-electron chi connectivity index (χ4n) is 5.32. The van der Waals surface area contributed by atoms with Crippen molar-refractivity contribution in [2.75, 3.05) is 0 Å². The second-order valence-electron chi connectivity index (χ2n) is 8.49. The molecular weight excluding hydrogens is 559 g/mol. The molecule has 4 aromatic rings. The summed E-state index contributed by atoms with van der Waals surface area (Å²) in [6, 6.07) is 24.4. The van der Waals surface area contributed by atoms with Crippen LogP contribution in [0.4, 0.5) is 0 Å². The Labute approximate surface area is 230 Å². The Morgan fingerprint density at radius 1 is 0.618 bits per heavy atom. The van der Waals surface area contributed by atoms with Crippen molar-refractivity contribution in [3.8, 4) is 0 Å². The first-order chi connectivity index (χ1) is 15.9. The van der Waals surface area contributed by atoms with E-state index in [9.17, 15) is 0 Å². The summed E-state index contributed by atoms with van der Waals surface area (Å²) < 4.78 is 10.1. The second kappa shape index (κ2) is 8.68. The maximum Gasteiger partial charge on any atom is 0.131 e. The number of hydrogen-bond acceptors (Lipinski definition) is 2. The van der Waals surface area contributed by atoms with Gasteiger partial charge < -0.3 is 8.83 Å². The van der Waals surface area contributed by atoms with E-state index in [2.05, 4.69) is 38.1 Å². The SMILES string of the molecule is CC1=C(c2ccco2)C(Cl)([Si]C2(Cl)C(c3ccco3)=C(C)c3ccccc32)c2ccccc21.[Zr]. The number of halogens is 2. The van der Waals surface area contributed by atoms with Gasteiger partial charge in [-0.25, -0.2) is 0 Å². The molecule has 0 amide bonds. The summed E-state index contributed by atoms with van der Waals surface area (Å²) in [5, 5.41) is 0. The Morgan fingerprint density at radius 2 is 1.03 bits per heavy atom. The van der Waals surface area contributed by atoms with Gasteiger partial charge in [0.25, 0.3) is 0 Å². The summed E-state index contributed by atoms with van der Waals surface area (Å²) in [6.07, 6.45) is 3.39. The smallest absolute Gasteiger partial charge is 0.131 e. The maximum atomic E-state index is 7.72. The van der Waals surface area contributed by atoms with E-state index in [0.717, 1.165) is 56.1 Å². The number of alkyl halides is 2. The van der Waals surface area contributed by atoms with Crippen molar-refractivity contribution in [1.29, 1.82) is 0 Å². The van der Waals surface area contributed by atoms with E-state index in [1.165, 1.54) is 0 Å². The third kappa shape index (κ3) is 3.30. The molecule has 0 fully saturated rings. The molecule has 2 radical (unpaired) electrons. The zero-order valence-electron chi connectivity index (χ0n) is 18.7. The van der Waals surface area contributed by atoms with E-state index in [4.69, 9.17) is 32.0 Å². The molecule has 166 valence electrons. The van der Waals surface area contributed by atoms with Crippen LogP contribution in [0.25, 0.3) is 22.3 Å². The standard InChI is InChI=1S/C28H20Cl2O2Si.Zr/c1-17-19-9-3-5-11-21(19)27(29,25(17)23-13-7-15-31-23)33-28(30)22-12-6-4-10-20(22)18(2)26(28)24-14-8-16-32-24;/h3-16H,1-2H3;. The zero-order valence-corrected chi connectivity index (χ0v) is 23.6. The molecule has 2 aliphatic rings. The summed E-state index contributed by atoms with van der Waals surface area (Å²) in [7, 11) is 0.0831. The average molecular weight is 579 g/mol. The molecule has 2 aliphatic carbocycles. The van der Waals surface area contributed by atoms with Crippen LogP contribution >= 0.6 is 23.2 Å². The average Bonchev–Trinajstić information content (AvgIpc) is 3.59. The molecule has 0 saturated heterocycles. The zero-order chi connectivity index (χ0) is 22.8. The number of hydrogen-bond donors (Lipinski definition) is 0. The summed E-state index contributed by atoms with van der Waals surface area (Å²) in [4.78, 5) is 0. The van der Waals surface area contributed by atoms with E-state index < -0.39 is 8.99 Å². The molecule has 2 aromatic heterocycles. The summed E-state index contributed by atoms with van der Waals surface area (Å²) in [6.45, 7) is 4.23. The largest absolute Gasteiger partial charge is 0.465 e. The molecule has 0 N–H and O–H groups in total. The number of fused-ring (bicyclic) bond motifs is 2. The molecule has 0 aliphatic heterocycles. The second-order valence-corrected chi connectivity index (χ2v) is 12.0. The number of rotatable bonds is 4. The van der Waals surface area contributed by atoms with Crippen molar-refractivity contribution in [2.24, 2.45) is 0 Å². The van der Waals surface area contributed by atoms with E-state index >= 15 is 0 Å². The molecular formula is C28H20Cl2O2SiZr. The van der Waals surface area contributed by atoms with Gasteiger partial charge in [-0.05, 0) is 71.5 Å². The van der Waals surface area contributed by atoms with Gasteiger partial charge in [-0.1, -0.05) is 48.5 Å². The van der Waals surface area contributed by atoms with Gasteiger partial charge in [-0.15, -0.1) is 23.2 Å². The maximum absolute atomic E-state index is 7.72. The molecule has 0 bridgehead atoms. The Bertz CT molecular complexity index is 1330. The van der Waals surface area contributed by atoms with Gasteiger partial charge in [0, 0.05) is 37.3 Å². The minimum atomic E-state index is -0.851. The first kappa shape index (κ1) is 23.9. The molecule has 2 unspecified atom stereocenters. The normalized spacial score (nSPS) is 23.2. The van der Waals surface area contributed by atoms with Gasteiger partial charge in [-0.3, -0.25) is 0 Å². The van der Waals surface area contributed by atoms with Crippen molar-refractivity contribution < 1.29 is 35.0 Å². The molecule has 6 heteroatoms. The van der Waals surface area contributed by atoms with E-state index in [1.54, 1.807) is 12.5 Å². The first-order valence-corrected chi connectivity index (χ1v) is 12.6. The number of furan rings is 2. The van der Waals surface area contributed by atoms with Crippen molar-refractivity contribution in [1.82, 2.24) is 0 Å². The summed E-state index contributed by atoms with van der Waals surface area (Å²) in [5.74, 6) is 1.55. The van der Waals surface area contributed by atoms with Crippen LogP contribution in [-0.2, 0) is 35.2 Å². The summed E-state index contributed by atoms with van der Waals surface area (Å²) in [5.41, 5.74) is 8.61. The Morgan fingerprint density at radius 3 is 1.41 bits per heavy atom. The fourth-order valence-corrected chi connectivity index (χ4v) is 9.17.